The van der Waals surface area contributed by atoms with E-state index in [0.717, 1.165) is 0 Å². The van der Waals surface area contributed by atoms with Gasteiger partial charge in [-0.2, -0.15) is 0 Å². The predicted octanol–water partition coefficient (Wildman–Crippen LogP) is 2.97. The molecule has 0 saturated carbocycles. The second kappa shape index (κ2) is 5.86. The first-order valence-corrected chi connectivity index (χ1v) is 5.79. The zero-order chi connectivity index (χ0) is 13.7. The monoisotopic (exact) mass is 259 g/mol. The van der Waals surface area contributed by atoms with E-state index in [9.17, 15) is 4.79 Å². The SMILES string of the molecule is CCOc1ccccc1Oc1cc(C(=O)O)ccn1. The topological polar surface area (TPSA) is 68.7 Å². The molecule has 0 aliphatic heterocycles. The zero-order valence-electron chi connectivity index (χ0n) is 10.4. The van der Waals surface area contributed by atoms with Crippen LogP contribution in [0.5, 0.6) is 17.4 Å². The van der Waals surface area contributed by atoms with Crippen LogP contribution >= 0.6 is 0 Å². The molecule has 0 radical (unpaired) electrons. The van der Waals surface area contributed by atoms with Crippen molar-refractivity contribution in [3.63, 3.8) is 0 Å². The van der Waals surface area contributed by atoms with Gasteiger partial charge in [0.2, 0.25) is 5.88 Å². The van der Waals surface area contributed by atoms with Gasteiger partial charge < -0.3 is 14.6 Å². The molecular weight excluding hydrogens is 246 g/mol. The van der Waals surface area contributed by atoms with Crippen LogP contribution in [0.15, 0.2) is 42.6 Å². The molecule has 0 aliphatic rings. The highest BCUT2D eigenvalue weighted by Gasteiger charge is 2.08. The van der Waals surface area contributed by atoms with Crippen LogP contribution < -0.4 is 9.47 Å². The van der Waals surface area contributed by atoms with Crippen molar-refractivity contribution in [1.29, 1.82) is 0 Å². The van der Waals surface area contributed by atoms with E-state index in [1.807, 2.05) is 13.0 Å². The number of hydrogen-bond acceptors (Lipinski definition) is 4. The van der Waals surface area contributed by atoms with Gasteiger partial charge in [-0.05, 0) is 25.1 Å². The third-order valence-electron chi connectivity index (χ3n) is 2.35. The molecule has 0 unspecified atom stereocenters. The summed E-state index contributed by atoms with van der Waals surface area (Å²) in [6.07, 6.45) is 1.39. The number of carbonyl (C=O) groups is 1. The van der Waals surface area contributed by atoms with Crippen LogP contribution in [0.3, 0.4) is 0 Å². The molecule has 0 bridgehead atoms. The lowest BCUT2D eigenvalue weighted by Crippen LogP contribution is -1.99. The summed E-state index contributed by atoms with van der Waals surface area (Å²) in [6, 6.07) is 9.92. The molecule has 1 aromatic heterocycles. The van der Waals surface area contributed by atoms with E-state index in [-0.39, 0.29) is 11.4 Å². The van der Waals surface area contributed by atoms with E-state index >= 15 is 0 Å². The second-order valence-corrected chi connectivity index (χ2v) is 3.67. The van der Waals surface area contributed by atoms with Gasteiger partial charge in [-0.1, -0.05) is 12.1 Å². The minimum atomic E-state index is -1.02. The lowest BCUT2D eigenvalue weighted by Gasteiger charge is -2.10. The van der Waals surface area contributed by atoms with Crippen LogP contribution in [0.2, 0.25) is 0 Å². The van der Waals surface area contributed by atoms with Gasteiger partial charge >= 0.3 is 5.97 Å². The minimum absolute atomic E-state index is 0.124. The summed E-state index contributed by atoms with van der Waals surface area (Å²) in [7, 11) is 0. The zero-order valence-corrected chi connectivity index (χ0v) is 10.4. The molecule has 0 amide bonds. The van der Waals surface area contributed by atoms with Crippen molar-refractivity contribution in [2.45, 2.75) is 6.92 Å². The van der Waals surface area contributed by atoms with Gasteiger partial charge in [-0.3, -0.25) is 0 Å². The van der Waals surface area contributed by atoms with E-state index in [0.29, 0.717) is 18.1 Å². The normalized spacial score (nSPS) is 9.95. The number of aromatic carboxylic acids is 1. The summed E-state index contributed by atoms with van der Waals surface area (Å²) in [5.41, 5.74) is 0.124. The lowest BCUT2D eigenvalue weighted by atomic mass is 10.3. The first-order valence-electron chi connectivity index (χ1n) is 5.79. The molecule has 0 saturated heterocycles. The smallest absolute Gasteiger partial charge is 0.335 e. The van der Waals surface area contributed by atoms with Crippen LogP contribution in [0, 0.1) is 0 Å². The van der Waals surface area contributed by atoms with Crippen molar-refractivity contribution >= 4 is 5.97 Å². The van der Waals surface area contributed by atoms with Crippen molar-refractivity contribution in [2.24, 2.45) is 0 Å². The van der Waals surface area contributed by atoms with Crippen LogP contribution in [0.25, 0.3) is 0 Å². The van der Waals surface area contributed by atoms with Crippen LogP contribution in [-0.4, -0.2) is 22.7 Å². The van der Waals surface area contributed by atoms with E-state index in [1.54, 1.807) is 18.2 Å². The number of carboxylic acids is 1. The van der Waals surface area contributed by atoms with Gasteiger partial charge in [-0.15, -0.1) is 0 Å². The Bertz CT molecular complexity index is 583. The van der Waals surface area contributed by atoms with E-state index < -0.39 is 5.97 Å². The van der Waals surface area contributed by atoms with Gasteiger partial charge in [0.25, 0.3) is 0 Å². The molecule has 5 heteroatoms. The summed E-state index contributed by atoms with van der Waals surface area (Å²) < 4.78 is 11.0. The Labute approximate surface area is 110 Å². The number of ether oxygens (including phenoxy) is 2. The standard InChI is InChI=1S/C14H13NO4/c1-2-18-11-5-3-4-6-12(11)19-13-9-10(14(16)17)7-8-15-13/h3-9H,2H2,1H3,(H,16,17). The molecule has 0 fully saturated rings. The molecule has 1 heterocycles. The summed E-state index contributed by atoms with van der Waals surface area (Å²) in [6.45, 7) is 2.39. The lowest BCUT2D eigenvalue weighted by molar-refractivity contribution is 0.0696. The average molecular weight is 259 g/mol. The summed E-state index contributed by atoms with van der Waals surface area (Å²) in [5, 5.41) is 8.91. The van der Waals surface area contributed by atoms with Crippen molar-refractivity contribution in [1.82, 2.24) is 4.98 Å². The van der Waals surface area contributed by atoms with Gasteiger partial charge in [0.05, 0.1) is 12.2 Å². The quantitative estimate of drug-likeness (QED) is 0.893. The van der Waals surface area contributed by atoms with Gasteiger partial charge in [0.1, 0.15) is 0 Å². The van der Waals surface area contributed by atoms with Crippen molar-refractivity contribution in [2.75, 3.05) is 6.61 Å². The number of hydrogen-bond donors (Lipinski definition) is 1. The number of benzene rings is 1. The van der Waals surface area contributed by atoms with Gasteiger partial charge in [0, 0.05) is 12.3 Å². The molecule has 1 N–H and O–H groups in total. The minimum Gasteiger partial charge on any atom is -0.490 e. The molecular formula is C14H13NO4. The first-order chi connectivity index (χ1) is 9.20. The van der Waals surface area contributed by atoms with Crippen molar-refractivity contribution in [3.8, 4) is 17.4 Å². The van der Waals surface area contributed by atoms with Crippen molar-refractivity contribution < 1.29 is 19.4 Å². The summed E-state index contributed by atoms with van der Waals surface area (Å²) >= 11 is 0. The second-order valence-electron chi connectivity index (χ2n) is 3.67. The van der Waals surface area contributed by atoms with Crippen molar-refractivity contribution in [3.05, 3.63) is 48.2 Å². The highest BCUT2D eigenvalue weighted by atomic mass is 16.5. The Hall–Kier alpha value is -2.56. The fourth-order valence-corrected chi connectivity index (χ4v) is 1.52. The maximum Gasteiger partial charge on any atom is 0.335 e. The van der Waals surface area contributed by atoms with E-state index in [2.05, 4.69) is 4.98 Å². The number of para-hydroxylation sites is 2. The molecule has 19 heavy (non-hydrogen) atoms. The predicted molar refractivity (Wildman–Crippen MR) is 68.9 cm³/mol. The molecule has 0 atom stereocenters. The van der Waals surface area contributed by atoms with E-state index in [4.69, 9.17) is 14.6 Å². The van der Waals surface area contributed by atoms with Crippen LogP contribution in [0.1, 0.15) is 17.3 Å². The Morgan fingerprint density at radius 3 is 2.68 bits per heavy atom. The third-order valence-corrected chi connectivity index (χ3v) is 2.35. The van der Waals surface area contributed by atoms with Gasteiger partial charge in [-0.25, -0.2) is 9.78 Å². The maximum atomic E-state index is 10.9. The summed E-state index contributed by atoms with van der Waals surface area (Å²) in [5.74, 6) is 0.282. The first kappa shape index (κ1) is 12.9. The fourth-order valence-electron chi connectivity index (χ4n) is 1.52. The molecule has 0 spiro atoms. The van der Waals surface area contributed by atoms with Crippen LogP contribution in [0.4, 0.5) is 0 Å². The number of rotatable bonds is 5. The largest absolute Gasteiger partial charge is 0.490 e. The average Bonchev–Trinajstić information content (AvgIpc) is 2.41. The summed E-state index contributed by atoms with van der Waals surface area (Å²) in [4.78, 5) is 14.8. The highest BCUT2D eigenvalue weighted by molar-refractivity contribution is 5.87. The Kier molecular flexibility index (Phi) is 3.97. The molecule has 0 aliphatic carbocycles. The number of pyridine rings is 1. The number of carboxylic acid groups (broad SMARTS) is 1. The molecule has 2 rings (SSSR count). The van der Waals surface area contributed by atoms with E-state index in [1.165, 1.54) is 18.3 Å². The number of aromatic nitrogens is 1. The highest BCUT2D eigenvalue weighted by Crippen LogP contribution is 2.30. The van der Waals surface area contributed by atoms with Gasteiger partial charge in [0.15, 0.2) is 11.5 Å². The Balaban J connectivity index is 2.26. The third kappa shape index (κ3) is 3.22. The molecule has 2 aromatic rings. The molecule has 5 nitrogen and oxygen atoms in total. The Morgan fingerprint density at radius 1 is 1.26 bits per heavy atom. The van der Waals surface area contributed by atoms with Crippen LogP contribution in [-0.2, 0) is 0 Å². The molecule has 98 valence electrons. The maximum absolute atomic E-state index is 10.9. The molecule has 1 aromatic carbocycles. The fraction of sp³-hybridized carbons (Fsp3) is 0.143. The Morgan fingerprint density at radius 2 is 2.00 bits per heavy atom. The number of nitrogens with zero attached hydrogens (tertiary/aromatic N) is 1.